The van der Waals surface area contributed by atoms with Crippen LogP contribution in [0.15, 0.2) is 18.2 Å². The van der Waals surface area contributed by atoms with Gasteiger partial charge in [0, 0.05) is 24.3 Å². The third kappa shape index (κ3) is 6.50. The zero-order chi connectivity index (χ0) is 18.1. The van der Waals surface area contributed by atoms with Crippen LogP contribution in [0.4, 0.5) is 0 Å². The molecule has 0 unspecified atom stereocenters. The summed E-state index contributed by atoms with van der Waals surface area (Å²) < 4.78 is 11.1. The highest BCUT2D eigenvalue weighted by Gasteiger charge is 2.14. The van der Waals surface area contributed by atoms with Gasteiger partial charge in [-0.2, -0.15) is 0 Å². The van der Waals surface area contributed by atoms with Gasteiger partial charge in [-0.05, 0) is 44.4 Å². The Hall–Kier alpha value is -1.88. The van der Waals surface area contributed by atoms with Gasteiger partial charge in [0.05, 0.1) is 19.6 Å². The molecule has 0 bridgehead atoms. The minimum absolute atomic E-state index is 0.0239. The van der Waals surface area contributed by atoms with Crippen molar-refractivity contribution in [2.75, 3.05) is 20.3 Å². The van der Waals surface area contributed by atoms with E-state index in [9.17, 15) is 9.59 Å². The van der Waals surface area contributed by atoms with Crippen molar-refractivity contribution in [2.45, 2.75) is 58.0 Å². The van der Waals surface area contributed by atoms with Crippen molar-refractivity contribution in [1.29, 1.82) is 0 Å². The first-order chi connectivity index (χ1) is 12.1. The molecule has 1 N–H and O–H groups in total. The fourth-order valence-electron chi connectivity index (χ4n) is 3.15. The Balaban J connectivity index is 1.72. The molecule has 0 spiro atoms. The molecule has 1 aliphatic carbocycles. The summed E-state index contributed by atoms with van der Waals surface area (Å²) in [6.07, 6.45) is 7.61. The predicted octanol–water partition coefficient (Wildman–Crippen LogP) is 3.30. The van der Waals surface area contributed by atoms with Gasteiger partial charge in [-0.25, -0.2) is 0 Å². The van der Waals surface area contributed by atoms with Gasteiger partial charge in [0.25, 0.3) is 0 Å². The van der Waals surface area contributed by atoms with Gasteiger partial charge < -0.3 is 14.8 Å². The number of methoxy groups -OCH3 is 1. The lowest BCUT2D eigenvalue weighted by molar-refractivity contribution is -0.120. The summed E-state index contributed by atoms with van der Waals surface area (Å²) in [4.78, 5) is 23.6. The summed E-state index contributed by atoms with van der Waals surface area (Å²) in [5.74, 6) is 0.529. The first kappa shape index (κ1) is 19.4. The molecule has 5 nitrogen and oxygen atoms in total. The molecule has 0 radical (unpaired) electrons. The van der Waals surface area contributed by atoms with Gasteiger partial charge in [0.2, 0.25) is 5.91 Å². The fourth-order valence-corrected chi connectivity index (χ4v) is 3.15. The smallest absolute Gasteiger partial charge is 0.224 e. The quantitative estimate of drug-likeness (QED) is 0.550. The highest BCUT2D eigenvalue weighted by Crippen LogP contribution is 2.21. The highest BCUT2D eigenvalue weighted by molar-refractivity contribution is 5.94. The monoisotopic (exact) mass is 347 g/mol. The predicted molar refractivity (Wildman–Crippen MR) is 97.2 cm³/mol. The van der Waals surface area contributed by atoms with Gasteiger partial charge in [-0.15, -0.1) is 0 Å². The van der Waals surface area contributed by atoms with Crippen LogP contribution in [0.2, 0.25) is 0 Å². The van der Waals surface area contributed by atoms with Crippen LogP contribution in [0.5, 0.6) is 5.75 Å². The first-order valence-corrected chi connectivity index (χ1v) is 9.16. The molecule has 138 valence electrons. The largest absolute Gasteiger partial charge is 0.496 e. The Morgan fingerprint density at radius 1 is 1.20 bits per heavy atom. The van der Waals surface area contributed by atoms with Crippen molar-refractivity contribution in [3.63, 3.8) is 0 Å². The SMILES string of the molecule is COc1ccc(C(C)=O)cc1CC(=O)NCCCOC1CCCCC1. The number of carbonyl (C=O) groups is 2. The molecule has 1 aromatic rings. The van der Waals surface area contributed by atoms with E-state index >= 15 is 0 Å². The van der Waals surface area contributed by atoms with E-state index in [0.717, 1.165) is 12.0 Å². The van der Waals surface area contributed by atoms with Crippen LogP contribution in [-0.4, -0.2) is 38.1 Å². The van der Waals surface area contributed by atoms with Crippen LogP contribution in [0.25, 0.3) is 0 Å². The number of carbonyl (C=O) groups excluding carboxylic acids is 2. The molecule has 0 saturated heterocycles. The maximum Gasteiger partial charge on any atom is 0.224 e. The molecular formula is C20H29NO4. The Labute approximate surface area is 150 Å². The molecular weight excluding hydrogens is 318 g/mol. The van der Waals surface area contributed by atoms with Crippen LogP contribution >= 0.6 is 0 Å². The molecule has 0 aliphatic heterocycles. The molecule has 2 rings (SSSR count). The molecule has 0 heterocycles. The molecule has 1 aromatic carbocycles. The second kappa shape index (κ2) is 10.2. The lowest BCUT2D eigenvalue weighted by atomic mass is 9.98. The Kier molecular flexibility index (Phi) is 7.92. The van der Waals surface area contributed by atoms with Gasteiger partial charge in [0.1, 0.15) is 5.75 Å². The maximum absolute atomic E-state index is 12.1. The number of ketones is 1. The van der Waals surface area contributed by atoms with E-state index in [1.54, 1.807) is 25.3 Å². The number of hydrogen-bond donors (Lipinski definition) is 1. The normalized spacial score (nSPS) is 15.0. The molecule has 1 aliphatic rings. The zero-order valence-corrected chi connectivity index (χ0v) is 15.3. The van der Waals surface area contributed by atoms with Crippen molar-refractivity contribution in [2.24, 2.45) is 0 Å². The van der Waals surface area contributed by atoms with Crippen molar-refractivity contribution < 1.29 is 19.1 Å². The Morgan fingerprint density at radius 2 is 1.96 bits per heavy atom. The van der Waals surface area contributed by atoms with Crippen molar-refractivity contribution >= 4 is 11.7 Å². The average Bonchev–Trinajstić information content (AvgIpc) is 2.62. The zero-order valence-electron chi connectivity index (χ0n) is 15.3. The number of nitrogens with one attached hydrogen (secondary N) is 1. The summed E-state index contributed by atoms with van der Waals surface area (Å²) in [6, 6.07) is 5.18. The molecule has 1 fully saturated rings. The van der Waals surface area contributed by atoms with Crippen LogP contribution in [0, 0.1) is 0 Å². The summed E-state index contributed by atoms with van der Waals surface area (Å²) in [6.45, 7) is 2.80. The molecule has 0 atom stereocenters. The van der Waals surface area contributed by atoms with Crippen LogP contribution in [0.3, 0.4) is 0 Å². The summed E-state index contributed by atoms with van der Waals surface area (Å²) in [5, 5.41) is 2.91. The number of hydrogen-bond acceptors (Lipinski definition) is 4. The minimum Gasteiger partial charge on any atom is -0.496 e. The van der Waals surface area contributed by atoms with E-state index in [4.69, 9.17) is 9.47 Å². The fraction of sp³-hybridized carbons (Fsp3) is 0.600. The van der Waals surface area contributed by atoms with Gasteiger partial charge in [-0.3, -0.25) is 9.59 Å². The summed E-state index contributed by atoms with van der Waals surface area (Å²) in [5.41, 5.74) is 1.32. The lowest BCUT2D eigenvalue weighted by Gasteiger charge is -2.21. The highest BCUT2D eigenvalue weighted by atomic mass is 16.5. The van der Waals surface area contributed by atoms with E-state index in [1.807, 2.05) is 0 Å². The third-order valence-electron chi connectivity index (χ3n) is 4.59. The van der Waals surface area contributed by atoms with E-state index < -0.39 is 0 Å². The number of Topliss-reactive ketones (excluding diaryl/α,β-unsaturated/α-hetero) is 1. The third-order valence-corrected chi connectivity index (χ3v) is 4.59. The molecule has 25 heavy (non-hydrogen) atoms. The molecule has 1 saturated carbocycles. The summed E-state index contributed by atoms with van der Waals surface area (Å²) >= 11 is 0. The molecule has 5 heteroatoms. The van der Waals surface area contributed by atoms with Gasteiger partial charge >= 0.3 is 0 Å². The van der Waals surface area contributed by atoms with Gasteiger partial charge in [0.15, 0.2) is 5.78 Å². The Morgan fingerprint density at radius 3 is 2.64 bits per heavy atom. The Bertz CT molecular complexity index is 579. The van der Waals surface area contributed by atoms with Crippen LogP contribution in [0.1, 0.15) is 61.4 Å². The average molecular weight is 347 g/mol. The van der Waals surface area contributed by atoms with Crippen molar-refractivity contribution in [3.05, 3.63) is 29.3 Å². The minimum atomic E-state index is -0.0725. The van der Waals surface area contributed by atoms with E-state index in [0.29, 0.717) is 30.6 Å². The number of rotatable bonds is 9. The molecule has 0 aromatic heterocycles. The topological polar surface area (TPSA) is 64.6 Å². The molecule has 1 amide bonds. The van der Waals surface area contributed by atoms with Gasteiger partial charge in [-0.1, -0.05) is 19.3 Å². The van der Waals surface area contributed by atoms with E-state index in [1.165, 1.54) is 39.0 Å². The van der Waals surface area contributed by atoms with E-state index in [2.05, 4.69) is 5.32 Å². The second-order valence-electron chi connectivity index (χ2n) is 6.59. The number of ether oxygens (including phenoxy) is 2. The number of benzene rings is 1. The lowest BCUT2D eigenvalue weighted by Crippen LogP contribution is -2.27. The first-order valence-electron chi connectivity index (χ1n) is 9.16. The second-order valence-corrected chi connectivity index (χ2v) is 6.59. The van der Waals surface area contributed by atoms with E-state index in [-0.39, 0.29) is 18.1 Å². The van der Waals surface area contributed by atoms with Crippen molar-refractivity contribution in [1.82, 2.24) is 5.32 Å². The van der Waals surface area contributed by atoms with Crippen LogP contribution in [-0.2, 0) is 16.0 Å². The maximum atomic E-state index is 12.1. The van der Waals surface area contributed by atoms with Crippen molar-refractivity contribution in [3.8, 4) is 5.75 Å². The van der Waals surface area contributed by atoms with Crippen LogP contribution < -0.4 is 10.1 Å². The summed E-state index contributed by atoms with van der Waals surface area (Å²) in [7, 11) is 1.56. The standard InChI is InChI=1S/C20H29NO4/c1-15(22)16-9-10-19(24-2)17(13-16)14-20(23)21-11-6-12-25-18-7-4-3-5-8-18/h9-10,13,18H,3-8,11-12,14H2,1-2H3,(H,21,23). The number of amides is 1.